The van der Waals surface area contributed by atoms with E-state index in [-0.39, 0.29) is 30.6 Å². The molecule has 4 rings (SSSR count). The summed E-state index contributed by atoms with van der Waals surface area (Å²) >= 11 is 13.0. The van der Waals surface area contributed by atoms with Crippen molar-refractivity contribution in [1.29, 1.82) is 0 Å². The Balaban J connectivity index is 1.37. The number of hydrogen-bond donors (Lipinski definition) is 1. The van der Waals surface area contributed by atoms with Crippen LogP contribution in [0, 0.1) is 6.92 Å². The molecule has 0 saturated carbocycles. The molecule has 0 aromatic heterocycles. The quantitative estimate of drug-likeness (QED) is 0.305. The van der Waals surface area contributed by atoms with Crippen molar-refractivity contribution in [2.45, 2.75) is 6.92 Å². The van der Waals surface area contributed by atoms with Gasteiger partial charge in [0.25, 0.3) is 17.1 Å². The van der Waals surface area contributed by atoms with E-state index in [1.54, 1.807) is 66.7 Å². The van der Waals surface area contributed by atoms with Gasteiger partial charge >= 0.3 is 0 Å². The molecule has 1 saturated heterocycles. The number of halogens is 2. The molecule has 1 aliphatic heterocycles. The summed E-state index contributed by atoms with van der Waals surface area (Å²) in [5.41, 5.74) is 2.03. The normalized spacial score (nSPS) is 14.2. The molecule has 0 radical (unpaired) electrons. The van der Waals surface area contributed by atoms with Crippen LogP contribution in [-0.2, 0) is 9.59 Å². The van der Waals surface area contributed by atoms with Crippen LogP contribution in [0.2, 0.25) is 10.0 Å². The highest BCUT2D eigenvalue weighted by molar-refractivity contribution is 8.18. The molecule has 3 amide bonds. The van der Waals surface area contributed by atoms with Gasteiger partial charge in [-0.05, 0) is 60.7 Å². The van der Waals surface area contributed by atoms with Crippen LogP contribution in [0.4, 0.5) is 10.5 Å². The molecule has 0 aliphatic carbocycles. The van der Waals surface area contributed by atoms with E-state index >= 15 is 0 Å². The van der Waals surface area contributed by atoms with Crippen LogP contribution >= 0.6 is 35.0 Å². The zero-order valence-electron chi connectivity index (χ0n) is 19.7. The highest BCUT2D eigenvalue weighted by Crippen LogP contribution is 2.34. The molecule has 3 aromatic rings. The number of para-hydroxylation sites is 2. The minimum Gasteiger partial charge on any atom is -0.490 e. The lowest BCUT2D eigenvalue weighted by Crippen LogP contribution is -2.32. The third-order valence-electron chi connectivity index (χ3n) is 5.30. The Morgan fingerprint density at radius 2 is 1.70 bits per heavy atom. The Morgan fingerprint density at radius 3 is 2.46 bits per heavy atom. The maximum atomic E-state index is 12.9. The molecule has 1 fully saturated rings. The van der Waals surface area contributed by atoms with E-state index in [4.69, 9.17) is 32.7 Å². The maximum Gasteiger partial charge on any atom is 0.293 e. The summed E-state index contributed by atoms with van der Waals surface area (Å²) in [6, 6.07) is 19.1. The number of carbonyl (C=O) groups is 3. The van der Waals surface area contributed by atoms with Crippen LogP contribution < -0.4 is 14.8 Å². The number of imide groups is 1. The fraction of sp³-hybridized carbons (Fsp3) is 0.148. The van der Waals surface area contributed by atoms with E-state index in [0.29, 0.717) is 32.8 Å². The predicted molar refractivity (Wildman–Crippen MR) is 146 cm³/mol. The Morgan fingerprint density at radius 1 is 0.973 bits per heavy atom. The smallest absolute Gasteiger partial charge is 0.293 e. The molecule has 0 spiro atoms. The van der Waals surface area contributed by atoms with Crippen LogP contribution in [0.15, 0.2) is 71.6 Å². The highest BCUT2D eigenvalue weighted by atomic mass is 35.5. The number of ether oxygens (including phenoxy) is 2. The van der Waals surface area contributed by atoms with Gasteiger partial charge in [-0.3, -0.25) is 19.3 Å². The lowest BCUT2D eigenvalue weighted by Gasteiger charge is -2.14. The number of rotatable bonds is 9. The minimum atomic E-state index is -0.429. The number of aryl methyl sites for hydroxylation is 1. The Hall–Kier alpha value is -3.46. The molecule has 3 aromatic carbocycles. The van der Waals surface area contributed by atoms with Crippen molar-refractivity contribution < 1.29 is 23.9 Å². The maximum absolute atomic E-state index is 12.9. The van der Waals surface area contributed by atoms with Gasteiger partial charge in [-0.2, -0.15) is 0 Å². The second-order valence-corrected chi connectivity index (χ2v) is 9.76. The lowest BCUT2D eigenvalue weighted by atomic mass is 10.2. The van der Waals surface area contributed by atoms with Crippen LogP contribution in [0.5, 0.6) is 11.5 Å². The van der Waals surface area contributed by atoms with Crippen molar-refractivity contribution in [3.05, 3.63) is 92.8 Å². The predicted octanol–water partition coefficient (Wildman–Crippen LogP) is 6.43. The molecule has 0 unspecified atom stereocenters. The molecule has 37 heavy (non-hydrogen) atoms. The fourth-order valence-electron chi connectivity index (χ4n) is 3.38. The molecular weight excluding hydrogens is 535 g/mol. The van der Waals surface area contributed by atoms with Gasteiger partial charge in [-0.25, -0.2) is 0 Å². The van der Waals surface area contributed by atoms with E-state index in [1.165, 1.54) is 0 Å². The SMILES string of the molecule is Cc1ccc(NC(=O)COc2ccccc2/C=C2\SC(=O)N(CCOc3ccccc3Cl)C2=O)cc1Cl. The van der Waals surface area contributed by atoms with Crippen LogP contribution in [-0.4, -0.2) is 41.7 Å². The van der Waals surface area contributed by atoms with E-state index in [1.807, 2.05) is 13.0 Å². The number of nitrogens with zero attached hydrogens (tertiary/aromatic N) is 1. The lowest BCUT2D eigenvalue weighted by molar-refractivity contribution is -0.123. The van der Waals surface area contributed by atoms with Gasteiger partial charge in [-0.1, -0.05) is 59.6 Å². The topological polar surface area (TPSA) is 84.9 Å². The highest BCUT2D eigenvalue weighted by Gasteiger charge is 2.35. The summed E-state index contributed by atoms with van der Waals surface area (Å²) in [7, 11) is 0. The Kier molecular flexibility index (Phi) is 8.76. The molecule has 1 heterocycles. The van der Waals surface area contributed by atoms with E-state index in [2.05, 4.69) is 5.32 Å². The first-order valence-electron chi connectivity index (χ1n) is 11.2. The largest absolute Gasteiger partial charge is 0.490 e. The van der Waals surface area contributed by atoms with E-state index in [0.717, 1.165) is 22.2 Å². The average molecular weight is 557 g/mol. The van der Waals surface area contributed by atoms with Gasteiger partial charge in [0.2, 0.25) is 0 Å². The van der Waals surface area contributed by atoms with Gasteiger partial charge in [0.1, 0.15) is 18.1 Å². The van der Waals surface area contributed by atoms with Gasteiger partial charge in [-0.15, -0.1) is 0 Å². The van der Waals surface area contributed by atoms with E-state index < -0.39 is 11.1 Å². The summed E-state index contributed by atoms with van der Waals surface area (Å²) in [5, 5.41) is 3.34. The third kappa shape index (κ3) is 6.85. The van der Waals surface area contributed by atoms with Crippen molar-refractivity contribution in [1.82, 2.24) is 4.90 Å². The number of thioether (sulfide) groups is 1. The second-order valence-electron chi connectivity index (χ2n) is 7.95. The molecule has 1 N–H and O–H groups in total. The molecule has 7 nitrogen and oxygen atoms in total. The first kappa shape index (κ1) is 26.6. The third-order valence-corrected chi connectivity index (χ3v) is 6.93. The van der Waals surface area contributed by atoms with Gasteiger partial charge in [0.05, 0.1) is 16.5 Å². The summed E-state index contributed by atoms with van der Waals surface area (Å²) in [6.45, 7) is 1.80. The van der Waals surface area contributed by atoms with Crippen molar-refractivity contribution >= 4 is 63.8 Å². The number of anilines is 1. The first-order valence-corrected chi connectivity index (χ1v) is 12.8. The number of carbonyl (C=O) groups excluding carboxylic acids is 3. The molecule has 0 bridgehead atoms. The number of hydrogen-bond acceptors (Lipinski definition) is 6. The standard InChI is InChI=1S/C27H22Cl2N2O5S/c1-17-10-11-19(15-21(17)29)30-25(32)16-36-22-8-4-2-6-18(22)14-24-26(33)31(27(34)37-24)12-13-35-23-9-5-3-7-20(23)28/h2-11,14-15H,12-13,16H2,1H3,(H,30,32)/b24-14-. The van der Waals surface area contributed by atoms with Crippen LogP contribution in [0.25, 0.3) is 6.08 Å². The van der Waals surface area contributed by atoms with Gasteiger partial charge < -0.3 is 14.8 Å². The van der Waals surface area contributed by atoms with Crippen LogP contribution in [0.1, 0.15) is 11.1 Å². The Bertz CT molecular complexity index is 1380. The average Bonchev–Trinajstić information content (AvgIpc) is 3.14. The summed E-state index contributed by atoms with van der Waals surface area (Å²) in [4.78, 5) is 39.1. The fourth-order valence-corrected chi connectivity index (χ4v) is 4.61. The van der Waals surface area contributed by atoms with Gasteiger partial charge in [0.15, 0.2) is 6.61 Å². The van der Waals surface area contributed by atoms with Crippen molar-refractivity contribution in [3.63, 3.8) is 0 Å². The molecule has 10 heteroatoms. The zero-order valence-corrected chi connectivity index (χ0v) is 22.0. The molecule has 1 aliphatic rings. The van der Waals surface area contributed by atoms with Crippen molar-refractivity contribution in [2.75, 3.05) is 25.1 Å². The van der Waals surface area contributed by atoms with Crippen molar-refractivity contribution in [3.8, 4) is 11.5 Å². The van der Waals surface area contributed by atoms with E-state index in [9.17, 15) is 14.4 Å². The first-order chi connectivity index (χ1) is 17.8. The summed E-state index contributed by atoms with van der Waals surface area (Å²) < 4.78 is 11.3. The number of benzene rings is 3. The second kappa shape index (κ2) is 12.2. The van der Waals surface area contributed by atoms with Crippen LogP contribution in [0.3, 0.4) is 0 Å². The summed E-state index contributed by atoms with van der Waals surface area (Å²) in [5.74, 6) is 0.0795. The number of amides is 3. The zero-order chi connectivity index (χ0) is 26.4. The minimum absolute atomic E-state index is 0.0780. The van der Waals surface area contributed by atoms with Crippen molar-refractivity contribution in [2.24, 2.45) is 0 Å². The Labute approximate surface area is 228 Å². The summed E-state index contributed by atoms with van der Waals surface area (Å²) in [6.07, 6.45) is 1.58. The molecule has 0 atom stereocenters. The molecule has 190 valence electrons. The van der Waals surface area contributed by atoms with Gasteiger partial charge in [0, 0.05) is 16.3 Å². The number of nitrogens with one attached hydrogen (secondary N) is 1. The molecular formula is C27H22Cl2N2O5S. The monoisotopic (exact) mass is 556 g/mol.